The van der Waals surface area contributed by atoms with Crippen molar-refractivity contribution in [2.75, 3.05) is 0 Å². The molecule has 0 saturated heterocycles. The molecule has 2 heteroatoms. The van der Waals surface area contributed by atoms with E-state index in [1.807, 2.05) is 0 Å². The molecule has 0 bridgehead atoms. The van der Waals surface area contributed by atoms with Crippen molar-refractivity contribution in [3.8, 4) is 0 Å². The Bertz CT molecular complexity index is 346. The first-order chi connectivity index (χ1) is 8.19. The maximum Gasteiger partial charge on any atom is 0.0294 e. The van der Waals surface area contributed by atoms with Crippen LogP contribution in [-0.4, -0.2) is 6.04 Å². The van der Waals surface area contributed by atoms with Crippen LogP contribution in [0.1, 0.15) is 51.1 Å². The fraction of sp³-hybridized carbons (Fsp3) is 0.600. The van der Waals surface area contributed by atoms with Gasteiger partial charge in [-0.15, -0.1) is 0 Å². The average Bonchev–Trinajstić information content (AvgIpc) is 2.77. The summed E-state index contributed by atoms with van der Waals surface area (Å²) in [7, 11) is 0. The fourth-order valence-corrected chi connectivity index (χ4v) is 3.06. The lowest BCUT2D eigenvalue weighted by molar-refractivity contribution is 0.437. The van der Waals surface area contributed by atoms with Gasteiger partial charge in [-0.25, -0.2) is 0 Å². The molecule has 0 radical (unpaired) electrons. The summed E-state index contributed by atoms with van der Waals surface area (Å²) in [5.74, 6) is 0.949. The van der Waals surface area contributed by atoms with Crippen molar-refractivity contribution >= 4 is 15.9 Å². The predicted octanol–water partition coefficient (Wildman–Crippen LogP) is 4.68. The summed E-state index contributed by atoms with van der Waals surface area (Å²) in [4.78, 5) is 0. The number of benzene rings is 1. The van der Waals surface area contributed by atoms with Gasteiger partial charge < -0.3 is 5.32 Å². The van der Waals surface area contributed by atoms with E-state index in [0.29, 0.717) is 6.04 Å². The summed E-state index contributed by atoms with van der Waals surface area (Å²) < 4.78 is 1.15. The van der Waals surface area contributed by atoms with Crippen LogP contribution >= 0.6 is 15.9 Å². The second-order valence-corrected chi connectivity index (χ2v) is 6.14. The van der Waals surface area contributed by atoms with Gasteiger partial charge in [0.1, 0.15) is 0 Å². The van der Waals surface area contributed by atoms with E-state index in [1.54, 1.807) is 0 Å². The van der Waals surface area contributed by atoms with Crippen LogP contribution in [0.2, 0.25) is 0 Å². The number of nitrogens with one attached hydrogen (secondary N) is 1. The van der Waals surface area contributed by atoms with Crippen molar-refractivity contribution in [1.29, 1.82) is 0 Å². The molecule has 1 aliphatic rings. The molecule has 1 fully saturated rings. The van der Waals surface area contributed by atoms with Gasteiger partial charge in [-0.05, 0) is 49.8 Å². The van der Waals surface area contributed by atoms with Crippen molar-refractivity contribution in [2.24, 2.45) is 5.92 Å². The normalized spacial score (nSPS) is 26.1. The summed E-state index contributed by atoms with van der Waals surface area (Å²) in [6.45, 7) is 4.58. The van der Waals surface area contributed by atoms with Gasteiger partial charge in [0.05, 0.1) is 0 Å². The first kappa shape index (κ1) is 13.1. The van der Waals surface area contributed by atoms with E-state index in [0.717, 1.165) is 16.4 Å². The SMILES string of the molecule is CCC1CCC(N[C@@H](C)c2ccc(Br)cc2)C1. The Morgan fingerprint density at radius 2 is 2.00 bits per heavy atom. The molecule has 0 amide bonds. The third kappa shape index (κ3) is 3.56. The fourth-order valence-electron chi connectivity index (χ4n) is 2.80. The van der Waals surface area contributed by atoms with Crippen LogP contribution in [0.4, 0.5) is 0 Å². The molecule has 2 unspecified atom stereocenters. The monoisotopic (exact) mass is 295 g/mol. The van der Waals surface area contributed by atoms with Gasteiger partial charge in [0.2, 0.25) is 0 Å². The van der Waals surface area contributed by atoms with Crippen molar-refractivity contribution in [3.05, 3.63) is 34.3 Å². The van der Waals surface area contributed by atoms with Gasteiger partial charge in [0, 0.05) is 16.6 Å². The number of hydrogen-bond donors (Lipinski definition) is 1. The molecule has 1 nitrogen and oxygen atoms in total. The van der Waals surface area contributed by atoms with Crippen LogP contribution < -0.4 is 5.32 Å². The van der Waals surface area contributed by atoms with Gasteiger partial charge in [-0.3, -0.25) is 0 Å². The lowest BCUT2D eigenvalue weighted by atomic mass is 10.0. The lowest BCUT2D eigenvalue weighted by Crippen LogP contribution is -2.29. The minimum Gasteiger partial charge on any atom is -0.307 e. The number of rotatable bonds is 4. The molecular weight excluding hydrogens is 274 g/mol. The highest BCUT2D eigenvalue weighted by atomic mass is 79.9. The maximum absolute atomic E-state index is 3.76. The first-order valence-electron chi connectivity index (χ1n) is 6.70. The molecule has 3 atom stereocenters. The summed E-state index contributed by atoms with van der Waals surface area (Å²) in [6.07, 6.45) is 5.45. The highest BCUT2D eigenvalue weighted by Crippen LogP contribution is 2.29. The molecule has 1 aliphatic carbocycles. The zero-order valence-corrected chi connectivity index (χ0v) is 12.3. The van der Waals surface area contributed by atoms with Crippen LogP contribution in [-0.2, 0) is 0 Å². The zero-order valence-electron chi connectivity index (χ0n) is 10.7. The number of hydrogen-bond acceptors (Lipinski definition) is 1. The van der Waals surface area contributed by atoms with E-state index < -0.39 is 0 Å². The van der Waals surface area contributed by atoms with Gasteiger partial charge >= 0.3 is 0 Å². The Morgan fingerprint density at radius 3 is 2.59 bits per heavy atom. The summed E-state index contributed by atoms with van der Waals surface area (Å²) >= 11 is 3.48. The van der Waals surface area contributed by atoms with Gasteiger partial charge in [0.15, 0.2) is 0 Å². The summed E-state index contributed by atoms with van der Waals surface area (Å²) in [5, 5.41) is 3.76. The van der Waals surface area contributed by atoms with Crippen LogP contribution in [0.3, 0.4) is 0 Å². The second kappa shape index (κ2) is 6.01. The first-order valence-corrected chi connectivity index (χ1v) is 7.50. The average molecular weight is 296 g/mol. The van der Waals surface area contributed by atoms with Crippen molar-refractivity contribution in [3.63, 3.8) is 0 Å². The van der Waals surface area contributed by atoms with Crippen LogP contribution in [0.25, 0.3) is 0 Å². The highest BCUT2D eigenvalue weighted by molar-refractivity contribution is 9.10. The molecule has 0 aromatic heterocycles. The molecule has 0 spiro atoms. The van der Waals surface area contributed by atoms with E-state index in [2.05, 4.69) is 59.4 Å². The molecule has 1 aromatic rings. The number of halogens is 1. The van der Waals surface area contributed by atoms with Gasteiger partial charge in [0.25, 0.3) is 0 Å². The Balaban J connectivity index is 1.89. The quantitative estimate of drug-likeness (QED) is 0.850. The third-order valence-corrected chi connectivity index (χ3v) is 4.50. The van der Waals surface area contributed by atoms with Gasteiger partial charge in [-0.2, -0.15) is 0 Å². The van der Waals surface area contributed by atoms with Crippen LogP contribution in [0.5, 0.6) is 0 Å². The standard InChI is InChI=1S/C15H22BrN/c1-3-12-4-9-15(10-12)17-11(2)13-5-7-14(16)8-6-13/h5-8,11-12,15,17H,3-4,9-10H2,1-2H3/t11-,12?,15?/m0/s1. The van der Waals surface area contributed by atoms with E-state index in [9.17, 15) is 0 Å². The predicted molar refractivity (Wildman–Crippen MR) is 77.1 cm³/mol. The van der Waals surface area contributed by atoms with E-state index in [4.69, 9.17) is 0 Å². The molecule has 0 heterocycles. The van der Waals surface area contributed by atoms with Crippen LogP contribution in [0.15, 0.2) is 28.7 Å². The maximum atomic E-state index is 3.76. The molecule has 1 aromatic carbocycles. The molecule has 17 heavy (non-hydrogen) atoms. The Hall–Kier alpha value is -0.340. The molecule has 1 N–H and O–H groups in total. The lowest BCUT2D eigenvalue weighted by Gasteiger charge is -2.20. The Morgan fingerprint density at radius 1 is 1.29 bits per heavy atom. The molecule has 1 saturated carbocycles. The van der Waals surface area contributed by atoms with Crippen LogP contribution in [0, 0.1) is 5.92 Å². The van der Waals surface area contributed by atoms with E-state index >= 15 is 0 Å². The van der Waals surface area contributed by atoms with Crippen molar-refractivity contribution in [1.82, 2.24) is 5.32 Å². The molecule has 94 valence electrons. The molecule has 0 aliphatic heterocycles. The zero-order chi connectivity index (χ0) is 12.3. The highest BCUT2D eigenvalue weighted by Gasteiger charge is 2.24. The van der Waals surface area contributed by atoms with Crippen molar-refractivity contribution < 1.29 is 0 Å². The molecule has 2 rings (SSSR count). The molecular formula is C15H22BrN. The smallest absolute Gasteiger partial charge is 0.0294 e. The Kier molecular flexibility index (Phi) is 4.63. The van der Waals surface area contributed by atoms with Crippen molar-refractivity contribution in [2.45, 2.75) is 51.6 Å². The second-order valence-electron chi connectivity index (χ2n) is 5.22. The van der Waals surface area contributed by atoms with Gasteiger partial charge in [-0.1, -0.05) is 41.4 Å². The topological polar surface area (TPSA) is 12.0 Å². The Labute approximate surface area is 113 Å². The van der Waals surface area contributed by atoms with E-state index in [1.165, 1.54) is 31.2 Å². The minimum atomic E-state index is 0.462. The third-order valence-electron chi connectivity index (χ3n) is 3.97. The minimum absolute atomic E-state index is 0.462. The summed E-state index contributed by atoms with van der Waals surface area (Å²) in [6, 6.07) is 9.83. The largest absolute Gasteiger partial charge is 0.307 e. The summed E-state index contributed by atoms with van der Waals surface area (Å²) in [5.41, 5.74) is 1.38. The van der Waals surface area contributed by atoms with E-state index in [-0.39, 0.29) is 0 Å².